The van der Waals surface area contributed by atoms with Gasteiger partial charge in [0, 0.05) is 6.04 Å². The SMILES string of the molecule is COC(=O)c1cc(S(=O)(=O)NC2CCN(C)CC2)ccc1Cl. The van der Waals surface area contributed by atoms with E-state index in [1.54, 1.807) is 0 Å². The first kappa shape index (κ1) is 17.2. The van der Waals surface area contributed by atoms with Crippen LogP contribution in [0, 0.1) is 0 Å². The van der Waals surface area contributed by atoms with Gasteiger partial charge in [0.05, 0.1) is 22.6 Å². The number of piperidine rings is 1. The fraction of sp³-hybridized carbons (Fsp3) is 0.500. The van der Waals surface area contributed by atoms with Crippen molar-refractivity contribution in [2.45, 2.75) is 23.8 Å². The average Bonchev–Trinajstić information content (AvgIpc) is 2.49. The minimum Gasteiger partial charge on any atom is -0.465 e. The Morgan fingerprint density at radius 3 is 2.59 bits per heavy atom. The van der Waals surface area contributed by atoms with Crippen LogP contribution in [-0.2, 0) is 14.8 Å². The summed E-state index contributed by atoms with van der Waals surface area (Å²) in [6.45, 7) is 1.70. The number of carbonyl (C=O) groups excluding carboxylic acids is 1. The summed E-state index contributed by atoms with van der Waals surface area (Å²) in [7, 11) is -0.468. The molecule has 1 aromatic carbocycles. The van der Waals surface area contributed by atoms with Gasteiger partial charge in [0.1, 0.15) is 0 Å². The number of rotatable bonds is 4. The third kappa shape index (κ3) is 3.98. The molecule has 0 aliphatic carbocycles. The van der Waals surface area contributed by atoms with Gasteiger partial charge in [-0.25, -0.2) is 17.9 Å². The van der Waals surface area contributed by atoms with Crippen LogP contribution in [0.4, 0.5) is 0 Å². The molecule has 22 heavy (non-hydrogen) atoms. The smallest absolute Gasteiger partial charge is 0.339 e. The molecule has 0 spiro atoms. The van der Waals surface area contributed by atoms with E-state index >= 15 is 0 Å². The van der Waals surface area contributed by atoms with E-state index in [1.807, 2.05) is 7.05 Å². The summed E-state index contributed by atoms with van der Waals surface area (Å²) in [5, 5.41) is 0.157. The number of methoxy groups -OCH3 is 1. The highest BCUT2D eigenvalue weighted by atomic mass is 35.5. The van der Waals surface area contributed by atoms with E-state index in [-0.39, 0.29) is 21.5 Å². The van der Waals surface area contributed by atoms with Crippen molar-refractivity contribution in [3.05, 3.63) is 28.8 Å². The number of nitrogens with one attached hydrogen (secondary N) is 1. The lowest BCUT2D eigenvalue weighted by Crippen LogP contribution is -2.43. The molecule has 1 fully saturated rings. The summed E-state index contributed by atoms with van der Waals surface area (Å²) < 4.78 is 32.2. The van der Waals surface area contributed by atoms with Gasteiger partial charge < -0.3 is 9.64 Å². The summed E-state index contributed by atoms with van der Waals surface area (Å²) >= 11 is 5.91. The van der Waals surface area contributed by atoms with Crippen molar-refractivity contribution in [1.82, 2.24) is 9.62 Å². The van der Waals surface area contributed by atoms with Gasteiger partial charge in [0.15, 0.2) is 0 Å². The van der Waals surface area contributed by atoms with Crippen molar-refractivity contribution < 1.29 is 17.9 Å². The zero-order valence-electron chi connectivity index (χ0n) is 12.5. The molecule has 1 N–H and O–H groups in total. The highest BCUT2D eigenvalue weighted by Gasteiger charge is 2.24. The zero-order valence-corrected chi connectivity index (χ0v) is 14.1. The fourth-order valence-corrected chi connectivity index (χ4v) is 3.88. The second-order valence-corrected chi connectivity index (χ2v) is 7.45. The van der Waals surface area contributed by atoms with Crippen LogP contribution in [0.5, 0.6) is 0 Å². The highest BCUT2D eigenvalue weighted by Crippen LogP contribution is 2.22. The van der Waals surface area contributed by atoms with Crippen molar-refractivity contribution in [2.24, 2.45) is 0 Å². The van der Waals surface area contributed by atoms with Crippen molar-refractivity contribution in [2.75, 3.05) is 27.2 Å². The third-order valence-corrected chi connectivity index (χ3v) is 5.54. The molecule has 122 valence electrons. The maximum Gasteiger partial charge on any atom is 0.339 e. The maximum absolute atomic E-state index is 12.4. The molecule has 2 rings (SSSR count). The number of hydrogen-bond donors (Lipinski definition) is 1. The normalized spacial score (nSPS) is 17.4. The molecule has 1 heterocycles. The van der Waals surface area contributed by atoms with Crippen LogP contribution in [0.25, 0.3) is 0 Å². The van der Waals surface area contributed by atoms with E-state index in [0.717, 1.165) is 25.9 Å². The molecule has 0 saturated carbocycles. The Bertz CT molecular complexity index is 655. The van der Waals surface area contributed by atoms with Crippen molar-refractivity contribution >= 4 is 27.6 Å². The lowest BCUT2D eigenvalue weighted by molar-refractivity contribution is 0.0600. The van der Waals surface area contributed by atoms with Gasteiger partial charge in [-0.15, -0.1) is 0 Å². The topological polar surface area (TPSA) is 75.7 Å². The van der Waals surface area contributed by atoms with Crippen LogP contribution in [0.3, 0.4) is 0 Å². The van der Waals surface area contributed by atoms with Gasteiger partial charge >= 0.3 is 5.97 Å². The maximum atomic E-state index is 12.4. The minimum atomic E-state index is -3.69. The van der Waals surface area contributed by atoms with Gasteiger partial charge in [0.25, 0.3) is 0 Å². The molecule has 1 aliphatic heterocycles. The highest BCUT2D eigenvalue weighted by molar-refractivity contribution is 7.89. The van der Waals surface area contributed by atoms with E-state index in [4.69, 9.17) is 11.6 Å². The number of benzene rings is 1. The molecule has 8 heteroatoms. The van der Waals surface area contributed by atoms with Crippen LogP contribution < -0.4 is 4.72 Å². The molecule has 0 bridgehead atoms. The van der Waals surface area contributed by atoms with Crippen LogP contribution >= 0.6 is 11.6 Å². The number of hydrogen-bond acceptors (Lipinski definition) is 5. The number of sulfonamides is 1. The van der Waals surface area contributed by atoms with E-state index in [1.165, 1.54) is 25.3 Å². The monoisotopic (exact) mass is 346 g/mol. The molecule has 0 aromatic heterocycles. The first-order valence-corrected chi connectivity index (χ1v) is 8.78. The van der Waals surface area contributed by atoms with E-state index in [0.29, 0.717) is 0 Å². The number of ether oxygens (including phenoxy) is 1. The molecular weight excluding hydrogens is 328 g/mol. The Morgan fingerprint density at radius 1 is 1.36 bits per heavy atom. The summed E-state index contributed by atoms with van der Waals surface area (Å²) in [5.41, 5.74) is 0.0374. The van der Waals surface area contributed by atoms with Gasteiger partial charge in [0.2, 0.25) is 10.0 Å². The number of esters is 1. The van der Waals surface area contributed by atoms with Crippen molar-refractivity contribution in [3.63, 3.8) is 0 Å². The Labute approximate surface area is 135 Å². The second kappa shape index (κ2) is 6.95. The molecule has 6 nitrogen and oxygen atoms in total. The zero-order chi connectivity index (χ0) is 16.3. The first-order chi connectivity index (χ1) is 10.3. The van der Waals surface area contributed by atoms with Crippen LogP contribution in [0.1, 0.15) is 23.2 Å². The van der Waals surface area contributed by atoms with Crippen LogP contribution in [0.15, 0.2) is 23.1 Å². The Morgan fingerprint density at radius 2 is 2.00 bits per heavy atom. The molecule has 0 amide bonds. The molecule has 1 saturated heterocycles. The van der Waals surface area contributed by atoms with Gasteiger partial charge in [-0.1, -0.05) is 11.6 Å². The molecule has 1 aromatic rings. The van der Waals surface area contributed by atoms with Crippen molar-refractivity contribution in [1.29, 1.82) is 0 Å². The number of nitrogens with zero attached hydrogens (tertiary/aromatic N) is 1. The predicted octanol–water partition coefficient (Wildman–Crippen LogP) is 1.50. The molecule has 1 aliphatic rings. The molecule has 0 unspecified atom stereocenters. The van der Waals surface area contributed by atoms with Crippen molar-refractivity contribution in [3.8, 4) is 0 Å². The lowest BCUT2D eigenvalue weighted by atomic mass is 10.1. The minimum absolute atomic E-state index is 0.0104. The summed E-state index contributed by atoms with van der Waals surface area (Å²) in [6.07, 6.45) is 1.51. The number of halogens is 1. The Kier molecular flexibility index (Phi) is 5.44. The quantitative estimate of drug-likeness (QED) is 0.836. The predicted molar refractivity (Wildman–Crippen MR) is 83.6 cm³/mol. The molecular formula is C14H19ClN2O4S. The molecule has 0 atom stereocenters. The summed E-state index contributed by atoms with van der Waals surface area (Å²) in [6, 6.07) is 3.91. The second-order valence-electron chi connectivity index (χ2n) is 5.33. The van der Waals surface area contributed by atoms with E-state index in [9.17, 15) is 13.2 Å². The van der Waals surface area contributed by atoms with Gasteiger partial charge in [-0.2, -0.15) is 0 Å². The third-order valence-electron chi connectivity index (χ3n) is 3.69. The fourth-order valence-electron chi connectivity index (χ4n) is 2.35. The number of carbonyl (C=O) groups is 1. The van der Waals surface area contributed by atoms with E-state index < -0.39 is 16.0 Å². The number of likely N-dealkylation sites (tertiary alicyclic amines) is 1. The van der Waals surface area contributed by atoms with Gasteiger partial charge in [-0.3, -0.25) is 0 Å². The van der Waals surface area contributed by atoms with Crippen LogP contribution in [-0.4, -0.2) is 52.6 Å². The largest absolute Gasteiger partial charge is 0.465 e. The average molecular weight is 347 g/mol. The Balaban J connectivity index is 2.20. The standard InChI is InChI=1S/C14H19ClN2O4S/c1-17-7-5-10(6-8-17)16-22(19,20)11-3-4-13(15)12(9-11)14(18)21-2/h3-4,9-10,16H,5-8H2,1-2H3. The molecule has 0 radical (unpaired) electrons. The lowest BCUT2D eigenvalue weighted by Gasteiger charge is -2.29. The summed E-state index contributed by atoms with van der Waals surface area (Å²) in [4.78, 5) is 13.8. The van der Waals surface area contributed by atoms with Crippen LogP contribution in [0.2, 0.25) is 5.02 Å². The van der Waals surface area contributed by atoms with Gasteiger partial charge in [-0.05, 0) is 51.2 Å². The Hall–Kier alpha value is -1.15. The summed E-state index contributed by atoms with van der Waals surface area (Å²) in [5.74, 6) is -0.665. The first-order valence-electron chi connectivity index (χ1n) is 6.92. The van der Waals surface area contributed by atoms with E-state index in [2.05, 4.69) is 14.4 Å².